The van der Waals surface area contributed by atoms with Gasteiger partial charge in [-0.1, -0.05) is 6.07 Å². The summed E-state index contributed by atoms with van der Waals surface area (Å²) in [5.41, 5.74) is 1.45. The minimum absolute atomic E-state index is 0.131. The standard InChI is InChI=1S/C31H33F2N5O6/c1-30(2,3)44-29(41)36-11-12-43-26-14-21(42-4)6-7-22(26)19-5-8-25-24(13-19)23(9-10-35-25)28(40)37-17-27(39)38-18-31(32,33)15-20(38)16-34/h5-10,13-14,20H,11-12,15,17-18H2,1-4H3,(H,36,41)(H,37,40)/t20-/m0/s1. The van der Waals surface area contributed by atoms with Crippen LogP contribution < -0.4 is 20.1 Å². The van der Waals surface area contributed by atoms with Gasteiger partial charge in [0.15, 0.2) is 0 Å². The summed E-state index contributed by atoms with van der Waals surface area (Å²) in [6.45, 7) is 4.19. The monoisotopic (exact) mass is 609 g/mol. The lowest BCUT2D eigenvalue weighted by Gasteiger charge is -2.20. The van der Waals surface area contributed by atoms with Crippen molar-refractivity contribution in [1.29, 1.82) is 5.26 Å². The average Bonchev–Trinajstić information content (AvgIpc) is 3.30. The van der Waals surface area contributed by atoms with Crippen molar-refractivity contribution in [2.45, 2.75) is 44.8 Å². The van der Waals surface area contributed by atoms with Crippen LogP contribution in [0.2, 0.25) is 0 Å². The Morgan fingerprint density at radius 3 is 2.61 bits per heavy atom. The number of fused-ring (bicyclic) bond motifs is 1. The molecule has 1 saturated heterocycles. The number of nitrogens with one attached hydrogen (secondary N) is 2. The molecule has 3 aromatic rings. The summed E-state index contributed by atoms with van der Waals surface area (Å²) in [5, 5.41) is 14.8. The van der Waals surface area contributed by atoms with E-state index < -0.39 is 55.0 Å². The zero-order valence-electron chi connectivity index (χ0n) is 24.8. The first-order valence-electron chi connectivity index (χ1n) is 13.8. The van der Waals surface area contributed by atoms with E-state index in [9.17, 15) is 28.4 Å². The van der Waals surface area contributed by atoms with Gasteiger partial charge in [0.05, 0.1) is 43.9 Å². The van der Waals surface area contributed by atoms with Crippen LogP contribution in [0.4, 0.5) is 13.6 Å². The molecule has 232 valence electrons. The minimum atomic E-state index is -3.16. The second-order valence-electron chi connectivity index (χ2n) is 11.1. The van der Waals surface area contributed by atoms with E-state index >= 15 is 0 Å². The van der Waals surface area contributed by atoms with Gasteiger partial charge in [0.1, 0.15) is 29.7 Å². The molecule has 2 aromatic carbocycles. The third-order valence-electron chi connectivity index (χ3n) is 6.65. The minimum Gasteiger partial charge on any atom is -0.497 e. The van der Waals surface area contributed by atoms with E-state index in [4.69, 9.17) is 14.2 Å². The number of carbonyl (C=O) groups is 3. The smallest absolute Gasteiger partial charge is 0.407 e. The number of pyridine rings is 1. The molecule has 44 heavy (non-hydrogen) atoms. The van der Waals surface area contributed by atoms with Gasteiger partial charge in [0.2, 0.25) is 5.91 Å². The second kappa shape index (κ2) is 13.1. The maximum Gasteiger partial charge on any atom is 0.407 e. The van der Waals surface area contributed by atoms with Crippen molar-refractivity contribution in [2.75, 3.05) is 33.4 Å². The van der Waals surface area contributed by atoms with Gasteiger partial charge < -0.3 is 29.7 Å². The number of methoxy groups -OCH3 is 1. The number of rotatable bonds is 9. The van der Waals surface area contributed by atoms with Crippen LogP contribution in [-0.4, -0.2) is 78.7 Å². The molecule has 0 radical (unpaired) electrons. The van der Waals surface area contributed by atoms with Crippen molar-refractivity contribution >= 4 is 28.8 Å². The lowest BCUT2D eigenvalue weighted by molar-refractivity contribution is -0.131. The zero-order chi connectivity index (χ0) is 32.1. The van der Waals surface area contributed by atoms with E-state index in [0.29, 0.717) is 33.5 Å². The van der Waals surface area contributed by atoms with E-state index in [2.05, 4.69) is 15.6 Å². The van der Waals surface area contributed by atoms with Crippen LogP contribution in [-0.2, 0) is 9.53 Å². The predicted molar refractivity (Wildman–Crippen MR) is 156 cm³/mol. The van der Waals surface area contributed by atoms with Gasteiger partial charge in [-0.2, -0.15) is 5.26 Å². The van der Waals surface area contributed by atoms with Crippen molar-refractivity contribution in [3.8, 4) is 28.7 Å². The fourth-order valence-corrected chi connectivity index (χ4v) is 4.67. The first-order valence-corrected chi connectivity index (χ1v) is 13.8. The Morgan fingerprint density at radius 2 is 1.91 bits per heavy atom. The SMILES string of the molecule is COc1ccc(-c2ccc3nccc(C(=O)NCC(=O)N4CC(F)(F)C[C@H]4C#N)c3c2)c(OCCNC(=O)OC(C)(C)C)c1. The highest BCUT2D eigenvalue weighted by Gasteiger charge is 2.47. The van der Waals surface area contributed by atoms with Crippen LogP contribution in [0.5, 0.6) is 11.5 Å². The molecular formula is C31H33F2N5O6. The Morgan fingerprint density at radius 1 is 1.14 bits per heavy atom. The fourth-order valence-electron chi connectivity index (χ4n) is 4.67. The van der Waals surface area contributed by atoms with Crippen LogP contribution in [0.25, 0.3) is 22.0 Å². The van der Waals surface area contributed by atoms with Crippen LogP contribution in [0.1, 0.15) is 37.6 Å². The molecule has 1 aromatic heterocycles. The number of alkyl halides is 2. The number of carbonyl (C=O) groups excluding carboxylic acids is 3. The van der Waals surface area contributed by atoms with Gasteiger partial charge in [0.25, 0.3) is 11.8 Å². The molecule has 1 fully saturated rings. The van der Waals surface area contributed by atoms with E-state index in [0.717, 1.165) is 4.90 Å². The largest absolute Gasteiger partial charge is 0.497 e. The zero-order valence-corrected chi connectivity index (χ0v) is 24.8. The summed E-state index contributed by atoms with van der Waals surface area (Å²) in [4.78, 5) is 42.8. The molecule has 0 saturated carbocycles. The molecule has 3 amide bonds. The number of nitriles is 1. The highest BCUT2D eigenvalue weighted by molar-refractivity contribution is 6.07. The van der Waals surface area contributed by atoms with Crippen LogP contribution in [0, 0.1) is 11.3 Å². The predicted octanol–water partition coefficient (Wildman–Crippen LogP) is 4.30. The van der Waals surface area contributed by atoms with Crippen LogP contribution in [0.15, 0.2) is 48.7 Å². The third-order valence-corrected chi connectivity index (χ3v) is 6.65. The molecule has 0 spiro atoms. The molecule has 1 aliphatic rings. The lowest BCUT2D eigenvalue weighted by Crippen LogP contribution is -2.43. The number of hydrogen-bond donors (Lipinski definition) is 2. The molecule has 2 heterocycles. The van der Waals surface area contributed by atoms with E-state index in [1.54, 1.807) is 57.2 Å². The molecular weight excluding hydrogens is 576 g/mol. The van der Waals surface area contributed by atoms with Crippen molar-refractivity contribution in [3.05, 3.63) is 54.2 Å². The maximum absolute atomic E-state index is 13.8. The highest BCUT2D eigenvalue weighted by atomic mass is 19.3. The van der Waals surface area contributed by atoms with E-state index in [-0.39, 0.29) is 18.7 Å². The summed E-state index contributed by atoms with van der Waals surface area (Å²) < 4.78 is 44.1. The molecule has 0 bridgehead atoms. The second-order valence-corrected chi connectivity index (χ2v) is 11.1. The van der Waals surface area contributed by atoms with Gasteiger partial charge in [-0.15, -0.1) is 0 Å². The van der Waals surface area contributed by atoms with Gasteiger partial charge in [-0.05, 0) is 56.7 Å². The van der Waals surface area contributed by atoms with Crippen molar-refractivity contribution in [1.82, 2.24) is 20.5 Å². The number of halogens is 2. The van der Waals surface area contributed by atoms with Gasteiger partial charge in [-0.25, -0.2) is 13.6 Å². The summed E-state index contributed by atoms with van der Waals surface area (Å²) in [5.74, 6) is -3.53. The molecule has 13 heteroatoms. The fraction of sp³-hybridized carbons (Fsp3) is 0.387. The number of alkyl carbamates (subject to hydrolysis) is 1. The number of amides is 3. The quantitative estimate of drug-likeness (QED) is 0.342. The Kier molecular flexibility index (Phi) is 9.52. The number of ether oxygens (including phenoxy) is 3. The summed E-state index contributed by atoms with van der Waals surface area (Å²) >= 11 is 0. The van der Waals surface area contributed by atoms with Gasteiger partial charge in [0, 0.05) is 29.6 Å². The summed E-state index contributed by atoms with van der Waals surface area (Å²) in [6, 6.07) is 12.5. The Bertz CT molecular complexity index is 1600. The number of likely N-dealkylation sites (tertiary alicyclic amines) is 1. The molecule has 1 aliphatic heterocycles. The van der Waals surface area contributed by atoms with Crippen molar-refractivity contribution in [3.63, 3.8) is 0 Å². The number of hydrogen-bond acceptors (Lipinski definition) is 8. The topological polar surface area (TPSA) is 143 Å². The van der Waals surface area contributed by atoms with Crippen molar-refractivity contribution < 1.29 is 37.4 Å². The highest BCUT2D eigenvalue weighted by Crippen LogP contribution is 2.35. The normalized spacial score (nSPS) is 15.8. The van der Waals surface area contributed by atoms with Crippen LogP contribution in [0.3, 0.4) is 0 Å². The Labute approximate surface area is 253 Å². The molecule has 0 unspecified atom stereocenters. The van der Waals surface area contributed by atoms with Crippen LogP contribution >= 0.6 is 0 Å². The molecule has 2 N–H and O–H groups in total. The molecule has 0 aliphatic carbocycles. The number of aromatic nitrogens is 1. The van der Waals surface area contributed by atoms with Gasteiger partial charge >= 0.3 is 6.09 Å². The van der Waals surface area contributed by atoms with E-state index in [1.165, 1.54) is 19.4 Å². The Hall–Kier alpha value is -4.99. The first-order chi connectivity index (χ1) is 20.8. The van der Waals surface area contributed by atoms with E-state index in [1.807, 2.05) is 6.07 Å². The first kappa shape index (κ1) is 31.9. The Balaban J connectivity index is 1.52. The molecule has 1 atom stereocenters. The third kappa shape index (κ3) is 7.89. The average molecular weight is 610 g/mol. The maximum atomic E-state index is 13.8. The van der Waals surface area contributed by atoms with Gasteiger partial charge in [-0.3, -0.25) is 14.6 Å². The molecule has 4 rings (SSSR count). The van der Waals surface area contributed by atoms with Crippen molar-refractivity contribution in [2.24, 2.45) is 0 Å². The summed E-state index contributed by atoms with van der Waals surface area (Å²) in [6.07, 6.45) is 0.147. The number of benzene rings is 2. The number of nitrogens with zero attached hydrogens (tertiary/aromatic N) is 3. The summed E-state index contributed by atoms with van der Waals surface area (Å²) in [7, 11) is 1.52. The lowest BCUT2D eigenvalue weighted by atomic mass is 9.99. The molecule has 11 nitrogen and oxygen atoms in total.